The molecule has 4 aromatic rings. The number of sulfone groups is 1. The van der Waals surface area contributed by atoms with Gasteiger partial charge in [0, 0.05) is 34.8 Å². The minimum Gasteiger partial charge on any atom is -0.378 e. The number of anilines is 1. The van der Waals surface area contributed by atoms with Crippen LogP contribution in [0.25, 0.3) is 11.5 Å². The predicted octanol–water partition coefficient (Wildman–Crippen LogP) is 4.32. The zero-order valence-electron chi connectivity index (χ0n) is 19.9. The molecule has 0 fully saturated rings. The molecule has 3 aromatic carbocycles. The number of hydrogen-bond donors (Lipinski definition) is 0. The molecule has 0 aliphatic carbocycles. The van der Waals surface area contributed by atoms with E-state index in [0.29, 0.717) is 15.1 Å². The van der Waals surface area contributed by atoms with Gasteiger partial charge in [-0.15, -0.1) is 11.3 Å². The molecule has 0 aliphatic heterocycles. The van der Waals surface area contributed by atoms with E-state index in [9.17, 15) is 18.0 Å². The summed E-state index contributed by atoms with van der Waals surface area (Å²) >= 11 is 10.3. The second-order valence-electron chi connectivity index (χ2n) is 8.37. The average molecular weight is 618 g/mol. The number of halogens is 2. The minimum atomic E-state index is -3.92. The van der Waals surface area contributed by atoms with E-state index >= 15 is 0 Å². The summed E-state index contributed by atoms with van der Waals surface area (Å²) in [6.07, 6.45) is 1.69. The summed E-state index contributed by atoms with van der Waals surface area (Å²) < 4.78 is 28.8. The number of hydrogen-bond acceptors (Lipinski definition) is 6. The first-order chi connectivity index (χ1) is 17.5. The van der Waals surface area contributed by atoms with Gasteiger partial charge in [-0.2, -0.15) is 0 Å². The fraction of sp³-hybridized carbons (Fsp3) is 0.111. The van der Waals surface area contributed by atoms with Gasteiger partial charge in [0.2, 0.25) is 9.84 Å². The lowest BCUT2D eigenvalue weighted by molar-refractivity contribution is 0.0970. The van der Waals surface area contributed by atoms with Crippen molar-refractivity contribution in [3.8, 4) is 0 Å². The molecule has 190 valence electrons. The van der Waals surface area contributed by atoms with E-state index in [0.717, 1.165) is 32.5 Å². The van der Waals surface area contributed by atoms with E-state index in [2.05, 4.69) is 15.9 Å². The Balaban J connectivity index is 1.85. The first-order valence-corrected chi connectivity index (χ1v) is 14.6. The van der Waals surface area contributed by atoms with Crippen LogP contribution in [0.2, 0.25) is 5.02 Å². The van der Waals surface area contributed by atoms with Gasteiger partial charge in [-0.05, 0) is 60.2 Å². The molecular weight excluding hydrogens is 596 g/mol. The van der Waals surface area contributed by atoms with Crippen LogP contribution in [0.4, 0.5) is 5.69 Å². The Labute approximate surface area is 231 Å². The van der Waals surface area contributed by atoms with Crippen LogP contribution >= 0.6 is 38.9 Å². The van der Waals surface area contributed by atoms with E-state index < -0.39 is 15.4 Å². The van der Waals surface area contributed by atoms with Crippen LogP contribution < -0.4 is 19.7 Å². The molecule has 0 saturated carbocycles. The van der Waals surface area contributed by atoms with Crippen molar-refractivity contribution in [3.63, 3.8) is 0 Å². The number of nitrogens with zero attached hydrogens (tertiary/aromatic N) is 2. The number of Topliss-reactive ketones (excluding diaryl/α,β-unsaturated/α-hetero) is 1. The van der Waals surface area contributed by atoms with Crippen molar-refractivity contribution in [2.75, 3.05) is 19.0 Å². The van der Waals surface area contributed by atoms with E-state index in [1.165, 1.54) is 28.8 Å². The molecule has 0 unspecified atom stereocenters. The lowest BCUT2D eigenvalue weighted by atomic mass is 10.1. The Hall–Kier alpha value is -2.98. The molecule has 0 amide bonds. The number of carbonyl (C=O) groups is 1. The van der Waals surface area contributed by atoms with Crippen molar-refractivity contribution < 1.29 is 13.2 Å². The van der Waals surface area contributed by atoms with E-state index in [-0.39, 0.29) is 21.9 Å². The second-order valence-corrected chi connectivity index (χ2v) is 12.6. The summed E-state index contributed by atoms with van der Waals surface area (Å²) in [5.41, 5.74) is 1.76. The quantitative estimate of drug-likeness (QED) is 0.289. The van der Waals surface area contributed by atoms with Crippen LogP contribution in [0.3, 0.4) is 0 Å². The molecule has 0 N–H and O–H groups in total. The van der Waals surface area contributed by atoms with Crippen molar-refractivity contribution in [2.45, 2.75) is 11.4 Å². The molecule has 0 aliphatic rings. The molecule has 10 heteroatoms. The highest BCUT2D eigenvalue weighted by molar-refractivity contribution is 9.10. The van der Waals surface area contributed by atoms with Crippen molar-refractivity contribution in [1.29, 1.82) is 0 Å². The fourth-order valence-electron chi connectivity index (χ4n) is 3.49. The van der Waals surface area contributed by atoms with E-state index in [1.807, 2.05) is 43.3 Å². The molecule has 1 aromatic heterocycles. The number of benzene rings is 3. The van der Waals surface area contributed by atoms with Crippen molar-refractivity contribution >= 4 is 71.7 Å². The maximum atomic E-state index is 13.4. The molecular formula is C27H22BrClN2O4S2. The highest BCUT2D eigenvalue weighted by Crippen LogP contribution is 2.17. The van der Waals surface area contributed by atoms with Gasteiger partial charge in [0.15, 0.2) is 5.78 Å². The zero-order valence-corrected chi connectivity index (χ0v) is 23.9. The highest BCUT2D eigenvalue weighted by atomic mass is 79.9. The summed E-state index contributed by atoms with van der Waals surface area (Å²) in [6, 6.07) is 20.1. The lowest BCUT2D eigenvalue weighted by Crippen LogP contribution is -2.34. The summed E-state index contributed by atoms with van der Waals surface area (Å²) in [7, 11) is -0.0542. The van der Waals surface area contributed by atoms with Gasteiger partial charge >= 0.3 is 0 Å². The van der Waals surface area contributed by atoms with Crippen LogP contribution in [0.1, 0.15) is 15.9 Å². The van der Waals surface area contributed by atoms with Crippen molar-refractivity contribution in [2.24, 2.45) is 0 Å². The van der Waals surface area contributed by atoms with Crippen LogP contribution in [0, 0.1) is 0 Å². The van der Waals surface area contributed by atoms with Crippen LogP contribution in [-0.4, -0.2) is 32.9 Å². The predicted molar refractivity (Wildman–Crippen MR) is 154 cm³/mol. The Morgan fingerprint density at radius 2 is 1.62 bits per heavy atom. The third kappa shape index (κ3) is 6.48. The summed E-state index contributed by atoms with van der Waals surface area (Å²) in [4.78, 5) is 28.4. The SMILES string of the molecule is CN(C)c1ccc(C=c2sc(=CS(=O)(=O)c3ccc(Cl)cc3)n(CC(=O)c3ccc(Br)cc3)c2=O)cc1. The Bertz CT molecular complexity index is 1720. The van der Waals surface area contributed by atoms with Crippen molar-refractivity contribution in [1.82, 2.24) is 4.57 Å². The van der Waals surface area contributed by atoms with Gasteiger partial charge in [0.25, 0.3) is 5.56 Å². The third-order valence-electron chi connectivity index (χ3n) is 5.51. The standard InChI is InChI=1S/C27H22BrClN2O4S2/c1-30(2)22-11-3-18(4-12-22)15-25-27(33)31(16-24(32)19-5-7-20(28)8-6-19)26(36-25)17-37(34,35)23-13-9-21(29)10-14-23/h3-15,17H,16H2,1-2H3. The first-order valence-electron chi connectivity index (χ1n) is 11.0. The monoisotopic (exact) mass is 616 g/mol. The van der Waals surface area contributed by atoms with Gasteiger partial charge in [-0.3, -0.25) is 14.2 Å². The van der Waals surface area contributed by atoms with Gasteiger partial charge in [-0.1, -0.05) is 51.8 Å². The number of thiazole rings is 1. The molecule has 4 rings (SSSR count). The van der Waals surface area contributed by atoms with Crippen LogP contribution in [-0.2, 0) is 16.4 Å². The molecule has 6 nitrogen and oxygen atoms in total. The first kappa shape index (κ1) is 27.1. The van der Waals surface area contributed by atoms with E-state index in [1.54, 1.807) is 30.3 Å². The Morgan fingerprint density at radius 3 is 2.22 bits per heavy atom. The zero-order chi connectivity index (χ0) is 26.7. The smallest absolute Gasteiger partial charge is 0.269 e. The number of rotatable bonds is 7. The maximum Gasteiger partial charge on any atom is 0.269 e. The van der Waals surface area contributed by atoms with Gasteiger partial charge in [0.1, 0.15) is 4.66 Å². The number of aromatic nitrogens is 1. The molecule has 0 spiro atoms. The second kappa shape index (κ2) is 11.2. The summed E-state index contributed by atoms with van der Waals surface area (Å²) in [6.45, 7) is -0.299. The maximum absolute atomic E-state index is 13.4. The summed E-state index contributed by atoms with van der Waals surface area (Å²) in [5, 5.41) is 1.44. The minimum absolute atomic E-state index is 0.0355. The molecule has 0 bridgehead atoms. The third-order valence-corrected chi connectivity index (χ3v) is 8.96. The normalized spacial score (nSPS) is 12.6. The Kier molecular flexibility index (Phi) is 8.18. The van der Waals surface area contributed by atoms with Crippen LogP contribution in [0.5, 0.6) is 0 Å². The van der Waals surface area contributed by atoms with Gasteiger partial charge in [-0.25, -0.2) is 8.42 Å². The Morgan fingerprint density at radius 1 is 1.00 bits per heavy atom. The number of ketones is 1. The van der Waals surface area contributed by atoms with Gasteiger partial charge < -0.3 is 4.90 Å². The molecule has 0 atom stereocenters. The topological polar surface area (TPSA) is 76.5 Å². The molecule has 0 saturated heterocycles. The van der Waals surface area contributed by atoms with Gasteiger partial charge in [0.05, 0.1) is 21.4 Å². The molecule has 0 radical (unpaired) electrons. The molecule has 37 heavy (non-hydrogen) atoms. The van der Waals surface area contributed by atoms with E-state index in [4.69, 9.17) is 11.6 Å². The highest BCUT2D eigenvalue weighted by Gasteiger charge is 2.16. The lowest BCUT2D eigenvalue weighted by Gasteiger charge is -2.11. The van der Waals surface area contributed by atoms with Crippen LogP contribution in [0.15, 0.2) is 87.0 Å². The molecule has 1 heterocycles. The van der Waals surface area contributed by atoms with Crippen molar-refractivity contribution in [3.05, 3.63) is 113 Å². The summed E-state index contributed by atoms with van der Waals surface area (Å²) in [5.74, 6) is -0.312. The fourth-order valence-corrected chi connectivity index (χ4v) is 6.37. The number of carbonyl (C=O) groups excluding carboxylic acids is 1. The average Bonchev–Trinajstić information content (AvgIpc) is 3.13. The largest absolute Gasteiger partial charge is 0.378 e.